The van der Waals surface area contributed by atoms with E-state index in [9.17, 15) is 15.3 Å². The number of nitriles is 2. The topological polar surface area (TPSA) is 95.6 Å². The molecule has 1 atom stereocenters. The molecule has 7 nitrogen and oxygen atoms in total. The predicted octanol–water partition coefficient (Wildman–Crippen LogP) is 4.77. The zero-order chi connectivity index (χ0) is 22.8. The number of ether oxygens (including phenoxy) is 3. The maximum Gasteiger partial charge on any atom is 0.258 e. The molecule has 0 aliphatic carbocycles. The van der Waals surface area contributed by atoms with Crippen molar-refractivity contribution in [3.05, 3.63) is 65.4 Å². The van der Waals surface area contributed by atoms with Crippen molar-refractivity contribution in [1.29, 1.82) is 10.5 Å². The quantitative estimate of drug-likeness (QED) is 0.641. The Morgan fingerprint density at radius 2 is 1.70 bits per heavy atom. The van der Waals surface area contributed by atoms with Gasteiger partial charge in [0.2, 0.25) is 6.79 Å². The molecule has 1 unspecified atom stereocenters. The summed E-state index contributed by atoms with van der Waals surface area (Å²) < 4.78 is 17.3. The second-order valence-corrected chi connectivity index (χ2v) is 8.40. The summed E-state index contributed by atoms with van der Waals surface area (Å²) in [5.41, 5.74) is 1.55. The van der Waals surface area contributed by atoms with Crippen LogP contribution in [0.3, 0.4) is 0 Å². The minimum Gasteiger partial charge on any atom is -0.496 e. The third-order valence-corrected chi connectivity index (χ3v) is 6.70. The first kappa shape index (κ1) is 20.9. The lowest BCUT2D eigenvalue weighted by Crippen LogP contribution is -2.50. The van der Waals surface area contributed by atoms with Crippen molar-refractivity contribution in [2.75, 3.05) is 18.3 Å². The number of amides is 1. The van der Waals surface area contributed by atoms with Gasteiger partial charge in [-0.25, -0.2) is 0 Å². The van der Waals surface area contributed by atoms with E-state index in [1.54, 1.807) is 0 Å². The number of benzene rings is 2. The number of hydrogen-bond acceptors (Lipinski definition) is 6. The molecule has 7 heteroatoms. The highest BCUT2D eigenvalue weighted by Crippen LogP contribution is 2.58. The molecule has 0 saturated carbocycles. The zero-order valence-corrected chi connectivity index (χ0v) is 18.1. The van der Waals surface area contributed by atoms with Crippen molar-refractivity contribution in [1.82, 2.24) is 0 Å². The number of carbonyl (C=O) groups is 1. The Kier molecular flexibility index (Phi) is 5.40. The molecule has 1 amide bonds. The number of rotatable bonds is 6. The van der Waals surface area contributed by atoms with E-state index in [-0.39, 0.29) is 25.5 Å². The SMILES string of the molecule is N#CCCC1(CCC#N)C2=C(CCO2)C(=O)N(c2ccccc2)C1c1ccc2c(c1)OCO2. The fraction of sp³-hybridized carbons (Fsp3) is 0.346. The third-order valence-electron chi connectivity index (χ3n) is 6.70. The Hall–Kier alpha value is -3.97. The summed E-state index contributed by atoms with van der Waals surface area (Å²) in [4.78, 5) is 15.7. The molecular weight excluding hydrogens is 418 g/mol. The molecule has 0 saturated heterocycles. The normalized spacial score (nSPS) is 20.1. The molecule has 0 fully saturated rings. The van der Waals surface area contributed by atoms with Crippen molar-refractivity contribution >= 4 is 11.6 Å². The number of nitrogens with zero attached hydrogens (tertiary/aromatic N) is 3. The van der Waals surface area contributed by atoms with Crippen molar-refractivity contribution in [2.24, 2.45) is 5.41 Å². The van der Waals surface area contributed by atoms with Crippen LogP contribution < -0.4 is 14.4 Å². The van der Waals surface area contributed by atoms with Gasteiger partial charge >= 0.3 is 0 Å². The summed E-state index contributed by atoms with van der Waals surface area (Å²) in [6, 6.07) is 19.3. The lowest BCUT2D eigenvalue weighted by atomic mass is 9.65. The maximum atomic E-state index is 13.9. The van der Waals surface area contributed by atoms with E-state index in [0.29, 0.717) is 48.7 Å². The van der Waals surface area contributed by atoms with Crippen LogP contribution in [0.1, 0.15) is 43.7 Å². The average Bonchev–Trinajstić information content (AvgIpc) is 3.53. The van der Waals surface area contributed by atoms with Crippen molar-refractivity contribution in [3.63, 3.8) is 0 Å². The van der Waals surface area contributed by atoms with Crippen LogP contribution in [0.5, 0.6) is 11.5 Å². The number of hydrogen-bond donors (Lipinski definition) is 0. The molecule has 3 heterocycles. The van der Waals surface area contributed by atoms with Crippen molar-refractivity contribution in [2.45, 2.75) is 38.1 Å². The first-order valence-electron chi connectivity index (χ1n) is 11.1. The first-order valence-corrected chi connectivity index (χ1v) is 11.1. The van der Waals surface area contributed by atoms with E-state index >= 15 is 0 Å². The lowest BCUT2D eigenvalue weighted by Gasteiger charge is -2.49. The van der Waals surface area contributed by atoms with Crippen LogP contribution in [0.15, 0.2) is 59.9 Å². The number of para-hydroxylation sites is 1. The highest BCUT2D eigenvalue weighted by atomic mass is 16.7. The van der Waals surface area contributed by atoms with E-state index < -0.39 is 11.5 Å². The number of anilines is 1. The molecule has 2 aromatic rings. The molecule has 166 valence electrons. The van der Waals surface area contributed by atoms with Gasteiger partial charge in [-0.2, -0.15) is 10.5 Å². The fourth-order valence-corrected chi connectivity index (χ4v) is 5.33. The molecular formula is C26H23N3O4. The molecule has 3 aliphatic rings. The Morgan fingerprint density at radius 1 is 0.970 bits per heavy atom. The smallest absolute Gasteiger partial charge is 0.258 e. The molecule has 0 N–H and O–H groups in total. The number of fused-ring (bicyclic) bond motifs is 1. The van der Waals surface area contributed by atoms with Gasteiger partial charge in [0.1, 0.15) is 5.76 Å². The molecule has 0 radical (unpaired) electrons. The van der Waals surface area contributed by atoms with Crippen molar-refractivity contribution < 1.29 is 19.0 Å². The van der Waals surface area contributed by atoms with Crippen LogP contribution in [0.2, 0.25) is 0 Å². The van der Waals surface area contributed by atoms with Crippen LogP contribution in [0.4, 0.5) is 5.69 Å². The summed E-state index contributed by atoms with van der Waals surface area (Å²) in [5.74, 6) is 1.83. The van der Waals surface area contributed by atoms with Gasteiger partial charge < -0.3 is 19.1 Å². The second-order valence-electron chi connectivity index (χ2n) is 8.40. The molecule has 33 heavy (non-hydrogen) atoms. The van der Waals surface area contributed by atoms with E-state index in [0.717, 1.165) is 11.3 Å². The van der Waals surface area contributed by atoms with Gasteiger partial charge in [-0.15, -0.1) is 0 Å². The molecule has 0 bridgehead atoms. The standard InChI is InChI=1S/C26H23N3O4/c27-13-4-11-26(12-5-14-28)23(18-8-9-21-22(16-18)33-17-32-21)29(19-6-2-1-3-7-19)25(30)20-10-15-31-24(20)26/h1-3,6-9,16,23H,4-5,10-12,15,17H2. The highest BCUT2D eigenvalue weighted by Gasteiger charge is 2.55. The third kappa shape index (κ3) is 3.37. The molecule has 2 aromatic carbocycles. The largest absolute Gasteiger partial charge is 0.496 e. The predicted molar refractivity (Wildman–Crippen MR) is 119 cm³/mol. The second kappa shape index (κ2) is 8.52. The summed E-state index contributed by atoms with van der Waals surface area (Å²) in [6.45, 7) is 0.574. The van der Waals surface area contributed by atoms with Gasteiger partial charge in [0.15, 0.2) is 11.5 Å². The van der Waals surface area contributed by atoms with Crippen LogP contribution >= 0.6 is 0 Å². The van der Waals surface area contributed by atoms with Gasteiger partial charge in [0.25, 0.3) is 5.91 Å². The van der Waals surface area contributed by atoms with E-state index in [1.807, 2.05) is 53.4 Å². The van der Waals surface area contributed by atoms with Crippen LogP contribution in [0.25, 0.3) is 0 Å². The zero-order valence-electron chi connectivity index (χ0n) is 18.1. The minimum atomic E-state index is -0.714. The van der Waals surface area contributed by atoms with Crippen LogP contribution in [-0.4, -0.2) is 19.3 Å². The maximum absolute atomic E-state index is 13.9. The molecule has 0 aromatic heterocycles. The summed E-state index contributed by atoms with van der Waals surface area (Å²) in [6.07, 6.45) is 2.03. The monoisotopic (exact) mass is 441 g/mol. The summed E-state index contributed by atoms with van der Waals surface area (Å²) in [5, 5.41) is 19.0. The van der Waals surface area contributed by atoms with E-state index in [2.05, 4.69) is 12.1 Å². The van der Waals surface area contributed by atoms with Crippen molar-refractivity contribution in [3.8, 4) is 23.6 Å². The van der Waals surface area contributed by atoms with Gasteiger partial charge in [-0.05, 0) is 42.7 Å². The van der Waals surface area contributed by atoms with Gasteiger partial charge in [-0.1, -0.05) is 24.3 Å². The van der Waals surface area contributed by atoms with Crippen LogP contribution in [-0.2, 0) is 9.53 Å². The van der Waals surface area contributed by atoms with Gasteiger partial charge in [0, 0.05) is 24.9 Å². The van der Waals surface area contributed by atoms with Crippen LogP contribution in [0, 0.1) is 28.1 Å². The fourth-order valence-electron chi connectivity index (χ4n) is 5.33. The average molecular weight is 441 g/mol. The Labute approximate surface area is 192 Å². The number of carbonyl (C=O) groups excluding carboxylic acids is 1. The van der Waals surface area contributed by atoms with Gasteiger partial charge in [0.05, 0.1) is 35.8 Å². The molecule has 5 rings (SSSR count). The van der Waals surface area contributed by atoms with E-state index in [1.165, 1.54) is 0 Å². The van der Waals surface area contributed by atoms with Gasteiger partial charge in [-0.3, -0.25) is 4.79 Å². The summed E-state index contributed by atoms with van der Waals surface area (Å²) in [7, 11) is 0. The minimum absolute atomic E-state index is 0.0964. The molecule has 0 spiro atoms. The Bertz CT molecular complexity index is 1170. The van der Waals surface area contributed by atoms with E-state index in [4.69, 9.17) is 14.2 Å². The first-order chi connectivity index (χ1) is 16.2. The Balaban J connectivity index is 1.76. The molecule has 3 aliphatic heterocycles. The lowest BCUT2D eigenvalue weighted by molar-refractivity contribution is -0.117. The highest BCUT2D eigenvalue weighted by molar-refractivity contribution is 6.08. The Morgan fingerprint density at radius 3 is 2.42 bits per heavy atom. The summed E-state index contributed by atoms with van der Waals surface area (Å²) >= 11 is 0.